The largest absolute Gasteiger partial charge is 0.309 e. The standard InChI is InChI=1S/C14H22N2S/c1-2-17-11-5-10-15-13-8-3-6-12-7-4-9-16-14(12)13/h4,7,9,13,15H,2-3,5-6,8,10-11H2,1H3. The van der Waals surface area contributed by atoms with Gasteiger partial charge in [0, 0.05) is 12.2 Å². The first-order chi connectivity index (χ1) is 8.42. The molecule has 17 heavy (non-hydrogen) atoms. The number of aromatic nitrogens is 1. The minimum Gasteiger partial charge on any atom is -0.309 e. The van der Waals surface area contributed by atoms with E-state index in [4.69, 9.17) is 0 Å². The van der Waals surface area contributed by atoms with Gasteiger partial charge in [0.2, 0.25) is 0 Å². The predicted octanol–water partition coefficient (Wildman–Crippen LogP) is 3.19. The highest BCUT2D eigenvalue weighted by molar-refractivity contribution is 7.99. The van der Waals surface area contributed by atoms with Gasteiger partial charge < -0.3 is 5.32 Å². The van der Waals surface area contributed by atoms with Crippen LogP contribution in [0.15, 0.2) is 18.3 Å². The van der Waals surface area contributed by atoms with Crippen molar-refractivity contribution < 1.29 is 0 Å². The van der Waals surface area contributed by atoms with Crippen LogP contribution in [0.2, 0.25) is 0 Å². The van der Waals surface area contributed by atoms with E-state index in [1.54, 1.807) is 0 Å². The lowest BCUT2D eigenvalue weighted by Gasteiger charge is -2.25. The summed E-state index contributed by atoms with van der Waals surface area (Å²) in [6, 6.07) is 4.77. The van der Waals surface area contributed by atoms with Crippen LogP contribution in [-0.4, -0.2) is 23.0 Å². The van der Waals surface area contributed by atoms with Gasteiger partial charge in [-0.25, -0.2) is 0 Å². The average Bonchev–Trinajstić information content (AvgIpc) is 2.39. The molecule has 0 saturated carbocycles. The van der Waals surface area contributed by atoms with Crippen LogP contribution in [0.4, 0.5) is 0 Å². The first-order valence-electron chi connectivity index (χ1n) is 6.66. The fraction of sp³-hybridized carbons (Fsp3) is 0.643. The van der Waals surface area contributed by atoms with Crippen LogP contribution >= 0.6 is 11.8 Å². The van der Waals surface area contributed by atoms with Crippen molar-refractivity contribution >= 4 is 11.8 Å². The van der Waals surface area contributed by atoms with Crippen molar-refractivity contribution in [3.05, 3.63) is 29.6 Å². The quantitative estimate of drug-likeness (QED) is 0.785. The molecule has 0 aliphatic heterocycles. The summed E-state index contributed by atoms with van der Waals surface area (Å²) in [5.41, 5.74) is 2.74. The predicted molar refractivity (Wildman–Crippen MR) is 75.5 cm³/mol. The van der Waals surface area contributed by atoms with E-state index in [-0.39, 0.29) is 0 Å². The Kier molecular flexibility index (Phi) is 5.33. The number of pyridine rings is 1. The molecule has 0 spiro atoms. The van der Waals surface area contributed by atoms with Gasteiger partial charge >= 0.3 is 0 Å². The second-order valence-electron chi connectivity index (χ2n) is 4.50. The highest BCUT2D eigenvalue weighted by Gasteiger charge is 2.19. The van der Waals surface area contributed by atoms with Crippen molar-refractivity contribution in [2.75, 3.05) is 18.1 Å². The number of nitrogens with one attached hydrogen (secondary N) is 1. The topological polar surface area (TPSA) is 24.9 Å². The highest BCUT2D eigenvalue weighted by Crippen LogP contribution is 2.27. The van der Waals surface area contributed by atoms with Gasteiger partial charge in [0.05, 0.1) is 5.69 Å². The van der Waals surface area contributed by atoms with Crippen molar-refractivity contribution in [3.8, 4) is 0 Å². The molecule has 3 heteroatoms. The molecule has 1 heterocycles. The zero-order valence-electron chi connectivity index (χ0n) is 10.6. The summed E-state index contributed by atoms with van der Waals surface area (Å²) in [7, 11) is 0. The van der Waals surface area contributed by atoms with Crippen LogP contribution in [0.25, 0.3) is 0 Å². The molecule has 94 valence electrons. The van der Waals surface area contributed by atoms with Crippen LogP contribution in [0.5, 0.6) is 0 Å². The van der Waals surface area contributed by atoms with Crippen molar-refractivity contribution in [3.63, 3.8) is 0 Å². The third kappa shape index (κ3) is 3.71. The Morgan fingerprint density at radius 3 is 3.35 bits per heavy atom. The third-order valence-electron chi connectivity index (χ3n) is 3.26. The summed E-state index contributed by atoms with van der Waals surface area (Å²) in [5.74, 6) is 2.50. The lowest BCUT2D eigenvalue weighted by atomic mass is 9.92. The summed E-state index contributed by atoms with van der Waals surface area (Å²) in [6.07, 6.45) is 6.92. The minimum atomic E-state index is 0.492. The molecule has 1 aliphatic carbocycles. The van der Waals surface area contributed by atoms with Gasteiger partial charge in [-0.15, -0.1) is 0 Å². The Balaban J connectivity index is 1.82. The first kappa shape index (κ1) is 12.9. The smallest absolute Gasteiger partial charge is 0.0605 e. The minimum absolute atomic E-state index is 0.492. The normalized spacial score (nSPS) is 19.0. The maximum Gasteiger partial charge on any atom is 0.0605 e. The van der Waals surface area contributed by atoms with Gasteiger partial charge in [-0.2, -0.15) is 11.8 Å². The lowest BCUT2D eigenvalue weighted by Crippen LogP contribution is -2.27. The zero-order valence-corrected chi connectivity index (χ0v) is 11.4. The fourth-order valence-corrected chi connectivity index (χ4v) is 3.04. The third-order valence-corrected chi connectivity index (χ3v) is 4.24. The van der Waals surface area contributed by atoms with Gasteiger partial charge in [-0.1, -0.05) is 13.0 Å². The Hall–Kier alpha value is -0.540. The summed E-state index contributed by atoms with van der Waals surface area (Å²) < 4.78 is 0. The van der Waals surface area contributed by atoms with E-state index in [0.717, 1.165) is 6.54 Å². The molecule has 2 rings (SSSR count). The second kappa shape index (κ2) is 7.02. The molecular formula is C14H22N2S. The molecular weight excluding hydrogens is 228 g/mol. The van der Waals surface area contributed by atoms with E-state index in [1.807, 2.05) is 18.0 Å². The summed E-state index contributed by atoms with van der Waals surface area (Å²) in [6.45, 7) is 3.34. The van der Waals surface area contributed by atoms with E-state index < -0.39 is 0 Å². The van der Waals surface area contributed by atoms with Crippen LogP contribution in [0, 0.1) is 0 Å². The SMILES string of the molecule is CCSCCCNC1CCCc2cccnc21. The molecule has 2 nitrogen and oxygen atoms in total. The molecule has 1 N–H and O–H groups in total. The molecule has 0 aromatic carbocycles. The van der Waals surface area contributed by atoms with Crippen LogP contribution < -0.4 is 5.32 Å². The monoisotopic (exact) mass is 250 g/mol. The molecule has 1 aromatic heterocycles. The Morgan fingerprint density at radius 2 is 2.47 bits per heavy atom. The van der Waals surface area contributed by atoms with E-state index in [9.17, 15) is 0 Å². The van der Waals surface area contributed by atoms with Crippen LogP contribution in [-0.2, 0) is 6.42 Å². The van der Waals surface area contributed by atoms with Gasteiger partial charge in [-0.3, -0.25) is 4.98 Å². The van der Waals surface area contributed by atoms with E-state index in [2.05, 4.69) is 29.4 Å². The van der Waals surface area contributed by atoms with Crippen LogP contribution in [0.3, 0.4) is 0 Å². The van der Waals surface area contributed by atoms with E-state index in [1.165, 1.54) is 48.4 Å². The number of rotatable bonds is 6. The number of thioether (sulfide) groups is 1. The Labute approximate surface area is 109 Å². The van der Waals surface area contributed by atoms with Gasteiger partial charge in [-0.05, 0) is 55.4 Å². The fourth-order valence-electron chi connectivity index (χ4n) is 2.40. The maximum atomic E-state index is 4.55. The van der Waals surface area contributed by atoms with E-state index in [0.29, 0.717) is 6.04 Å². The molecule has 1 atom stereocenters. The highest BCUT2D eigenvalue weighted by atomic mass is 32.2. The number of fused-ring (bicyclic) bond motifs is 1. The number of hydrogen-bond donors (Lipinski definition) is 1. The van der Waals surface area contributed by atoms with E-state index >= 15 is 0 Å². The number of nitrogens with zero attached hydrogens (tertiary/aromatic N) is 1. The molecule has 0 bridgehead atoms. The summed E-state index contributed by atoms with van der Waals surface area (Å²) in [5, 5.41) is 3.66. The molecule has 1 aliphatic rings. The average molecular weight is 250 g/mol. The van der Waals surface area contributed by atoms with Crippen molar-refractivity contribution in [2.45, 2.75) is 38.6 Å². The number of hydrogen-bond acceptors (Lipinski definition) is 3. The van der Waals surface area contributed by atoms with Gasteiger partial charge in [0.25, 0.3) is 0 Å². The van der Waals surface area contributed by atoms with Crippen molar-refractivity contribution in [1.82, 2.24) is 10.3 Å². The van der Waals surface area contributed by atoms with Gasteiger partial charge in [0.15, 0.2) is 0 Å². The molecule has 0 amide bonds. The van der Waals surface area contributed by atoms with Gasteiger partial charge in [0.1, 0.15) is 0 Å². The van der Waals surface area contributed by atoms with Crippen LogP contribution in [0.1, 0.15) is 43.5 Å². The molecule has 1 unspecified atom stereocenters. The summed E-state index contributed by atoms with van der Waals surface area (Å²) >= 11 is 2.02. The molecule has 0 radical (unpaired) electrons. The molecule has 0 fully saturated rings. The Morgan fingerprint density at radius 1 is 1.53 bits per heavy atom. The molecule has 1 aromatic rings. The zero-order chi connectivity index (χ0) is 11.9. The lowest BCUT2D eigenvalue weighted by molar-refractivity contribution is 0.450. The summed E-state index contributed by atoms with van der Waals surface area (Å²) in [4.78, 5) is 4.55. The Bertz CT molecular complexity index is 341. The first-order valence-corrected chi connectivity index (χ1v) is 7.82. The van der Waals surface area contributed by atoms with Crippen molar-refractivity contribution in [2.24, 2.45) is 0 Å². The maximum absolute atomic E-state index is 4.55. The molecule has 0 saturated heterocycles. The second-order valence-corrected chi connectivity index (χ2v) is 5.89. The van der Waals surface area contributed by atoms with Crippen molar-refractivity contribution in [1.29, 1.82) is 0 Å². The number of aryl methyl sites for hydroxylation is 1.